The van der Waals surface area contributed by atoms with Crippen LogP contribution in [0.25, 0.3) is 0 Å². The molecular formula is C18H25N3O2. The zero-order chi connectivity index (χ0) is 16.2. The maximum Gasteiger partial charge on any atom is 0.255 e. The normalized spacial score (nSPS) is 25.6. The Morgan fingerprint density at radius 3 is 2.87 bits per heavy atom. The Morgan fingerprint density at radius 2 is 2.09 bits per heavy atom. The molecule has 0 aromatic carbocycles. The van der Waals surface area contributed by atoms with Gasteiger partial charge in [-0.15, -0.1) is 0 Å². The van der Waals surface area contributed by atoms with E-state index in [-0.39, 0.29) is 23.8 Å². The number of aryl methyl sites for hydroxylation is 1. The average Bonchev–Trinajstić information content (AvgIpc) is 3.03. The maximum absolute atomic E-state index is 13.0. The quantitative estimate of drug-likeness (QED) is 0.865. The Labute approximate surface area is 137 Å². The van der Waals surface area contributed by atoms with Crippen molar-refractivity contribution in [2.75, 3.05) is 13.1 Å². The van der Waals surface area contributed by atoms with Crippen molar-refractivity contribution in [2.45, 2.75) is 51.5 Å². The number of amides is 2. The molecule has 5 nitrogen and oxygen atoms in total. The first kappa shape index (κ1) is 16.0. The van der Waals surface area contributed by atoms with Crippen molar-refractivity contribution < 1.29 is 9.59 Å². The predicted molar refractivity (Wildman–Crippen MR) is 88.0 cm³/mol. The number of hydrogen-bond acceptors (Lipinski definition) is 3. The van der Waals surface area contributed by atoms with Gasteiger partial charge >= 0.3 is 0 Å². The molecule has 0 radical (unpaired) electrons. The molecule has 2 atom stereocenters. The van der Waals surface area contributed by atoms with Crippen molar-refractivity contribution in [1.29, 1.82) is 0 Å². The van der Waals surface area contributed by atoms with Gasteiger partial charge in [0.2, 0.25) is 5.91 Å². The number of pyridine rings is 1. The fourth-order valence-electron chi connectivity index (χ4n) is 3.72. The topological polar surface area (TPSA) is 62.3 Å². The summed E-state index contributed by atoms with van der Waals surface area (Å²) in [7, 11) is 0. The zero-order valence-electron chi connectivity index (χ0n) is 13.8. The summed E-state index contributed by atoms with van der Waals surface area (Å²) in [5.41, 5.74) is 1.53. The molecule has 23 heavy (non-hydrogen) atoms. The van der Waals surface area contributed by atoms with Crippen LogP contribution in [0.15, 0.2) is 18.3 Å². The summed E-state index contributed by atoms with van der Waals surface area (Å²) in [6.07, 6.45) is 7.48. The molecule has 0 unspecified atom stereocenters. The van der Waals surface area contributed by atoms with Crippen LogP contribution in [0.5, 0.6) is 0 Å². The number of rotatable bonds is 1. The standard InChI is InChI=1S/C18H25N3O2/c1-13-8-9-14(12-20-13)18(23)21-11-4-2-3-10-19-17(22)15-6-5-7-16(15)21/h8-9,12,15-16H,2-7,10-11H2,1H3,(H,19,22)/t15-,16+/m1/s1. The van der Waals surface area contributed by atoms with Gasteiger partial charge in [-0.2, -0.15) is 0 Å². The third kappa shape index (κ3) is 3.54. The lowest BCUT2D eigenvalue weighted by atomic mass is 9.98. The number of hydrogen-bond donors (Lipinski definition) is 1. The minimum atomic E-state index is -0.0598. The van der Waals surface area contributed by atoms with Crippen LogP contribution in [0.1, 0.15) is 54.6 Å². The smallest absolute Gasteiger partial charge is 0.255 e. The molecule has 1 aromatic rings. The van der Waals surface area contributed by atoms with E-state index in [1.165, 1.54) is 0 Å². The largest absolute Gasteiger partial charge is 0.356 e. The number of nitrogens with one attached hydrogen (secondary N) is 1. The van der Waals surface area contributed by atoms with E-state index in [1.807, 2.05) is 24.0 Å². The molecular weight excluding hydrogens is 290 g/mol. The summed E-state index contributed by atoms with van der Waals surface area (Å²) >= 11 is 0. The van der Waals surface area contributed by atoms with Gasteiger partial charge in [0.1, 0.15) is 0 Å². The molecule has 1 saturated heterocycles. The zero-order valence-corrected chi connectivity index (χ0v) is 13.8. The molecule has 0 bridgehead atoms. The highest BCUT2D eigenvalue weighted by atomic mass is 16.2. The molecule has 1 aliphatic carbocycles. The SMILES string of the molecule is Cc1ccc(C(=O)N2CCCCCNC(=O)[C@@H]3CCC[C@@H]32)cn1. The van der Waals surface area contributed by atoms with Crippen molar-refractivity contribution in [3.8, 4) is 0 Å². The Bertz CT molecular complexity index is 570. The third-order valence-corrected chi connectivity index (χ3v) is 5.01. The highest BCUT2D eigenvalue weighted by Crippen LogP contribution is 2.32. The van der Waals surface area contributed by atoms with Crippen molar-refractivity contribution in [3.63, 3.8) is 0 Å². The molecule has 124 valence electrons. The second-order valence-electron chi connectivity index (χ2n) is 6.64. The van der Waals surface area contributed by atoms with Gasteiger partial charge in [-0.25, -0.2) is 0 Å². The van der Waals surface area contributed by atoms with Crippen molar-refractivity contribution in [3.05, 3.63) is 29.6 Å². The van der Waals surface area contributed by atoms with Crippen molar-refractivity contribution >= 4 is 11.8 Å². The highest BCUT2D eigenvalue weighted by molar-refractivity contribution is 5.94. The van der Waals surface area contributed by atoms with E-state index < -0.39 is 0 Å². The number of fused-ring (bicyclic) bond motifs is 1. The number of nitrogens with zero attached hydrogens (tertiary/aromatic N) is 2. The van der Waals surface area contributed by atoms with Crippen LogP contribution in [0.2, 0.25) is 0 Å². The van der Waals surface area contributed by atoms with E-state index >= 15 is 0 Å². The van der Waals surface area contributed by atoms with Gasteiger partial charge in [-0.1, -0.05) is 6.42 Å². The lowest BCUT2D eigenvalue weighted by Crippen LogP contribution is -2.48. The molecule has 2 fully saturated rings. The van der Waals surface area contributed by atoms with Crippen molar-refractivity contribution in [2.24, 2.45) is 5.92 Å². The lowest BCUT2D eigenvalue weighted by Gasteiger charge is -2.33. The number of carbonyl (C=O) groups excluding carboxylic acids is 2. The summed E-state index contributed by atoms with van der Waals surface area (Å²) in [4.78, 5) is 31.6. The second-order valence-corrected chi connectivity index (χ2v) is 6.64. The van der Waals surface area contributed by atoms with Gasteiger partial charge in [-0.3, -0.25) is 14.6 Å². The van der Waals surface area contributed by atoms with Gasteiger partial charge in [0.15, 0.2) is 0 Å². The van der Waals surface area contributed by atoms with Crippen LogP contribution in [-0.2, 0) is 4.79 Å². The molecule has 1 N–H and O–H groups in total. The Kier molecular flexibility index (Phi) is 4.94. The third-order valence-electron chi connectivity index (χ3n) is 5.01. The van der Waals surface area contributed by atoms with E-state index in [2.05, 4.69) is 10.3 Å². The summed E-state index contributed by atoms with van der Waals surface area (Å²) in [6.45, 7) is 3.41. The first-order valence-electron chi connectivity index (χ1n) is 8.68. The van der Waals surface area contributed by atoms with Gasteiger partial charge in [0, 0.05) is 31.0 Å². The van der Waals surface area contributed by atoms with Gasteiger partial charge in [-0.05, 0) is 51.2 Å². The van der Waals surface area contributed by atoms with E-state index in [9.17, 15) is 9.59 Å². The molecule has 5 heteroatoms. The van der Waals surface area contributed by atoms with Gasteiger partial charge < -0.3 is 10.2 Å². The Morgan fingerprint density at radius 1 is 1.22 bits per heavy atom. The van der Waals surface area contributed by atoms with E-state index in [0.717, 1.165) is 57.3 Å². The van der Waals surface area contributed by atoms with Crippen LogP contribution in [0.3, 0.4) is 0 Å². The van der Waals surface area contributed by atoms with E-state index in [0.29, 0.717) is 5.56 Å². The van der Waals surface area contributed by atoms with Crippen LogP contribution in [0.4, 0.5) is 0 Å². The second kappa shape index (κ2) is 7.11. The fourth-order valence-corrected chi connectivity index (χ4v) is 3.72. The maximum atomic E-state index is 13.0. The molecule has 1 aromatic heterocycles. The van der Waals surface area contributed by atoms with Crippen LogP contribution < -0.4 is 5.32 Å². The van der Waals surface area contributed by atoms with E-state index in [1.54, 1.807) is 6.20 Å². The number of carbonyl (C=O) groups is 2. The molecule has 1 saturated carbocycles. The number of aromatic nitrogens is 1. The Balaban J connectivity index is 1.84. The predicted octanol–water partition coefficient (Wildman–Crippen LogP) is 2.30. The minimum absolute atomic E-state index is 0.0165. The van der Waals surface area contributed by atoms with Crippen LogP contribution in [0, 0.1) is 12.8 Å². The minimum Gasteiger partial charge on any atom is -0.356 e. The molecule has 2 aliphatic rings. The fraction of sp³-hybridized carbons (Fsp3) is 0.611. The molecule has 0 spiro atoms. The molecule has 2 heterocycles. The summed E-state index contributed by atoms with van der Waals surface area (Å²) < 4.78 is 0. The Hall–Kier alpha value is -1.91. The van der Waals surface area contributed by atoms with Gasteiger partial charge in [0.25, 0.3) is 5.91 Å². The monoisotopic (exact) mass is 315 g/mol. The molecule has 2 amide bonds. The van der Waals surface area contributed by atoms with Crippen molar-refractivity contribution in [1.82, 2.24) is 15.2 Å². The highest BCUT2D eigenvalue weighted by Gasteiger charge is 2.39. The summed E-state index contributed by atoms with van der Waals surface area (Å²) in [5, 5.41) is 3.04. The average molecular weight is 315 g/mol. The van der Waals surface area contributed by atoms with Crippen LogP contribution >= 0.6 is 0 Å². The van der Waals surface area contributed by atoms with Crippen LogP contribution in [-0.4, -0.2) is 40.8 Å². The van der Waals surface area contributed by atoms with Gasteiger partial charge in [0.05, 0.1) is 11.5 Å². The summed E-state index contributed by atoms with van der Waals surface area (Å²) in [5.74, 6) is 0.0764. The van der Waals surface area contributed by atoms with E-state index in [4.69, 9.17) is 0 Å². The first-order chi connectivity index (χ1) is 11.2. The molecule has 1 aliphatic heterocycles. The lowest BCUT2D eigenvalue weighted by molar-refractivity contribution is -0.126. The summed E-state index contributed by atoms with van der Waals surface area (Å²) in [6, 6.07) is 3.74. The first-order valence-corrected chi connectivity index (χ1v) is 8.68. The molecule has 3 rings (SSSR count).